The average Bonchev–Trinajstić information content (AvgIpc) is 2.17. The zero-order valence-corrected chi connectivity index (χ0v) is 11.1. The number of hydrogen-bond donors (Lipinski definition) is 0. The normalized spacial score (nSPS) is 28.9. The van der Waals surface area contributed by atoms with Crippen LogP contribution in [-0.4, -0.2) is 36.1 Å². The largest absolute Gasteiger partial charge is 0.466 e. The van der Waals surface area contributed by atoms with E-state index in [0.29, 0.717) is 13.0 Å². The highest BCUT2D eigenvalue weighted by Gasteiger charge is 2.47. The molecule has 0 unspecified atom stereocenters. The molecular formula is C13H25NO2. The van der Waals surface area contributed by atoms with E-state index in [1.54, 1.807) is 0 Å². The van der Waals surface area contributed by atoms with Gasteiger partial charge in [0.1, 0.15) is 0 Å². The molecule has 0 N–H and O–H groups in total. The molecule has 94 valence electrons. The SMILES string of the molecule is CCOC(=O)CC1(N(CC)CC)CC(C)C1. The lowest BCUT2D eigenvalue weighted by Gasteiger charge is -2.53. The Balaban J connectivity index is 2.62. The van der Waals surface area contributed by atoms with Gasteiger partial charge in [-0.05, 0) is 38.8 Å². The minimum atomic E-state index is -0.0405. The summed E-state index contributed by atoms with van der Waals surface area (Å²) in [5, 5.41) is 0. The zero-order valence-electron chi connectivity index (χ0n) is 11.1. The molecule has 0 radical (unpaired) electrons. The fourth-order valence-electron chi connectivity index (χ4n) is 3.13. The molecule has 3 nitrogen and oxygen atoms in total. The van der Waals surface area contributed by atoms with Crippen molar-refractivity contribution in [1.29, 1.82) is 0 Å². The van der Waals surface area contributed by atoms with Gasteiger partial charge in [0.2, 0.25) is 0 Å². The molecule has 0 aromatic heterocycles. The molecule has 0 heterocycles. The Hall–Kier alpha value is -0.570. The summed E-state index contributed by atoms with van der Waals surface area (Å²) in [6.45, 7) is 11.0. The number of nitrogens with zero attached hydrogens (tertiary/aromatic N) is 1. The van der Waals surface area contributed by atoms with Crippen molar-refractivity contribution >= 4 is 5.97 Å². The van der Waals surface area contributed by atoms with Crippen LogP contribution < -0.4 is 0 Å². The number of ether oxygens (including phenoxy) is 1. The van der Waals surface area contributed by atoms with Crippen LogP contribution >= 0.6 is 0 Å². The minimum Gasteiger partial charge on any atom is -0.466 e. The molecule has 1 saturated carbocycles. The zero-order chi connectivity index (χ0) is 12.2. The Morgan fingerprint density at radius 3 is 2.25 bits per heavy atom. The van der Waals surface area contributed by atoms with Crippen molar-refractivity contribution in [2.45, 2.75) is 52.5 Å². The van der Waals surface area contributed by atoms with Gasteiger partial charge in [0.25, 0.3) is 0 Å². The lowest BCUT2D eigenvalue weighted by molar-refractivity contribution is -0.150. The Morgan fingerprint density at radius 2 is 1.88 bits per heavy atom. The molecule has 3 heteroatoms. The van der Waals surface area contributed by atoms with E-state index in [-0.39, 0.29) is 11.5 Å². The molecule has 0 spiro atoms. The summed E-state index contributed by atoms with van der Waals surface area (Å²) < 4.78 is 5.08. The van der Waals surface area contributed by atoms with E-state index in [0.717, 1.165) is 31.8 Å². The van der Waals surface area contributed by atoms with Gasteiger partial charge in [0.05, 0.1) is 13.0 Å². The lowest BCUT2D eigenvalue weighted by Crippen LogP contribution is -2.58. The van der Waals surface area contributed by atoms with Crippen molar-refractivity contribution in [2.24, 2.45) is 5.92 Å². The predicted octanol–water partition coefficient (Wildman–Crippen LogP) is 2.45. The highest BCUT2D eigenvalue weighted by atomic mass is 16.5. The first-order valence-electron chi connectivity index (χ1n) is 6.48. The maximum absolute atomic E-state index is 11.6. The van der Waals surface area contributed by atoms with E-state index < -0.39 is 0 Å². The minimum absolute atomic E-state index is 0.0405. The van der Waals surface area contributed by atoms with Crippen LogP contribution in [0.1, 0.15) is 47.0 Å². The summed E-state index contributed by atoms with van der Waals surface area (Å²) in [6.07, 6.45) is 2.83. The average molecular weight is 227 g/mol. The highest BCUT2D eigenvalue weighted by Crippen LogP contribution is 2.44. The van der Waals surface area contributed by atoms with Crippen LogP contribution in [0.15, 0.2) is 0 Å². The first kappa shape index (κ1) is 13.5. The Bertz CT molecular complexity index is 230. The second-order valence-corrected chi connectivity index (χ2v) is 4.89. The first-order valence-corrected chi connectivity index (χ1v) is 6.48. The van der Waals surface area contributed by atoms with Crippen LogP contribution in [0.5, 0.6) is 0 Å². The van der Waals surface area contributed by atoms with E-state index >= 15 is 0 Å². The van der Waals surface area contributed by atoms with Gasteiger partial charge in [-0.3, -0.25) is 9.69 Å². The molecular weight excluding hydrogens is 202 g/mol. The number of hydrogen-bond acceptors (Lipinski definition) is 3. The van der Waals surface area contributed by atoms with Crippen LogP contribution in [0.25, 0.3) is 0 Å². The van der Waals surface area contributed by atoms with Crippen LogP contribution in [0.3, 0.4) is 0 Å². The Labute approximate surface area is 99.1 Å². The lowest BCUT2D eigenvalue weighted by atomic mass is 9.66. The van der Waals surface area contributed by atoms with Crippen molar-refractivity contribution in [3.05, 3.63) is 0 Å². The molecule has 0 bridgehead atoms. The van der Waals surface area contributed by atoms with Gasteiger partial charge in [-0.15, -0.1) is 0 Å². The van der Waals surface area contributed by atoms with Gasteiger partial charge in [-0.2, -0.15) is 0 Å². The van der Waals surface area contributed by atoms with Gasteiger partial charge in [-0.1, -0.05) is 20.8 Å². The molecule has 1 fully saturated rings. The van der Waals surface area contributed by atoms with Crippen molar-refractivity contribution in [3.8, 4) is 0 Å². The highest BCUT2D eigenvalue weighted by molar-refractivity contribution is 5.71. The summed E-state index contributed by atoms with van der Waals surface area (Å²) in [5.41, 5.74) is 0.0924. The Morgan fingerprint density at radius 1 is 1.31 bits per heavy atom. The van der Waals surface area contributed by atoms with Crippen LogP contribution in [-0.2, 0) is 9.53 Å². The maximum Gasteiger partial charge on any atom is 0.307 e. The van der Waals surface area contributed by atoms with Gasteiger partial charge >= 0.3 is 5.97 Å². The van der Waals surface area contributed by atoms with Gasteiger partial charge in [-0.25, -0.2) is 0 Å². The van der Waals surface area contributed by atoms with Gasteiger partial charge in [0, 0.05) is 5.54 Å². The van der Waals surface area contributed by atoms with E-state index in [1.807, 2.05) is 6.92 Å². The predicted molar refractivity (Wildman–Crippen MR) is 65.3 cm³/mol. The van der Waals surface area contributed by atoms with E-state index in [1.165, 1.54) is 0 Å². The monoisotopic (exact) mass is 227 g/mol. The summed E-state index contributed by atoms with van der Waals surface area (Å²) >= 11 is 0. The third kappa shape index (κ3) is 2.76. The van der Waals surface area contributed by atoms with Crippen molar-refractivity contribution < 1.29 is 9.53 Å². The van der Waals surface area contributed by atoms with Crippen LogP contribution in [0.2, 0.25) is 0 Å². The quantitative estimate of drug-likeness (QED) is 0.653. The molecule has 0 aliphatic heterocycles. The molecule has 0 saturated heterocycles. The number of carbonyl (C=O) groups is 1. The summed E-state index contributed by atoms with van der Waals surface area (Å²) in [4.78, 5) is 14.1. The molecule has 0 atom stereocenters. The van der Waals surface area contributed by atoms with Crippen molar-refractivity contribution in [2.75, 3.05) is 19.7 Å². The van der Waals surface area contributed by atoms with E-state index in [2.05, 4.69) is 25.7 Å². The summed E-state index contributed by atoms with van der Waals surface area (Å²) in [7, 11) is 0. The summed E-state index contributed by atoms with van der Waals surface area (Å²) in [5.74, 6) is 0.705. The third-order valence-electron chi connectivity index (χ3n) is 3.67. The van der Waals surface area contributed by atoms with Gasteiger partial charge in [0.15, 0.2) is 0 Å². The fourth-order valence-corrected chi connectivity index (χ4v) is 3.13. The smallest absolute Gasteiger partial charge is 0.307 e. The first-order chi connectivity index (χ1) is 7.57. The molecule has 0 aromatic carbocycles. The van der Waals surface area contributed by atoms with Crippen molar-refractivity contribution in [1.82, 2.24) is 4.90 Å². The topological polar surface area (TPSA) is 29.5 Å². The molecule has 1 rings (SSSR count). The molecule has 0 aromatic rings. The second kappa shape index (κ2) is 5.67. The third-order valence-corrected chi connectivity index (χ3v) is 3.67. The second-order valence-electron chi connectivity index (χ2n) is 4.89. The molecule has 0 amide bonds. The van der Waals surface area contributed by atoms with Crippen LogP contribution in [0.4, 0.5) is 0 Å². The van der Waals surface area contributed by atoms with Gasteiger partial charge < -0.3 is 4.74 Å². The number of carbonyl (C=O) groups excluding carboxylic acids is 1. The molecule has 16 heavy (non-hydrogen) atoms. The standard InChI is InChI=1S/C13H25NO2/c1-5-14(6-2)13(8-11(4)9-13)10-12(15)16-7-3/h11H,5-10H2,1-4H3. The Kier molecular flexibility index (Phi) is 4.78. The van der Waals surface area contributed by atoms with E-state index in [4.69, 9.17) is 4.74 Å². The van der Waals surface area contributed by atoms with Crippen LogP contribution in [0, 0.1) is 5.92 Å². The maximum atomic E-state index is 11.6. The molecule has 1 aliphatic rings. The van der Waals surface area contributed by atoms with E-state index in [9.17, 15) is 4.79 Å². The fraction of sp³-hybridized carbons (Fsp3) is 0.923. The summed E-state index contributed by atoms with van der Waals surface area (Å²) in [6, 6.07) is 0. The molecule has 1 aliphatic carbocycles. The number of esters is 1. The van der Waals surface area contributed by atoms with Crippen molar-refractivity contribution in [3.63, 3.8) is 0 Å². The number of rotatable bonds is 6.